The number of benzene rings is 2. The molecule has 0 aliphatic heterocycles. The van der Waals surface area contributed by atoms with Crippen LogP contribution in [0.5, 0.6) is 23.0 Å². The van der Waals surface area contributed by atoms with Crippen molar-refractivity contribution in [1.82, 2.24) is 9.78 Å². The molecule has 0 N–H and O–H groups in total. The third kappa shape index (κ3) is 3.89. The van der Waals surface area contributed by atoms with Gasteiger partial charge in [0, 0.05) is 18.1 Å². The Morgan fingerprint density at radius 3 is 2.07 bits per heavy atom. The van der Waals surface area contributed by atoms with Crippen molar-refractivity contribution in [2.24, 2.45) is 0 Å². The van der Waals surface area contributed by atoms with Crippen LogP contribution in [0.1, 0.15) is 18.6 Å². The Hall–Kier alpha value is -3.48. The van der Waals surface area contributed by atoms with Gasteiger partial charge in [-0.05, 0) is 36.8 Å². The van der Waals surface area contributed by atoms with E-state index < -0.39 is 0 Å². The molecule has 7 heteroatoms. The molecule has 0 saturated heterocycles. The molecule has 2 aromatic carbocycles. The van der Waals surface area contributed by atoms with E-state index in [4.69, 9.17) is 18.9 Å². The molecule has 0 amide bonds. The van der Waals surface area contributed by atoms with Gasteiger partial charge in [0.05, 0.1) is 39.8 Å². The van der Waals surface area contributed by atoms with Crippen LogP contribution < -0.4 is 18.9 Å². The van der Waals surface area contributed by atoms with E-state index >= 15 is 0 Å². The van der Waals surface area contributed by atoms with Crippen molar-refractivity contribution in [3.63, 3.8) is 0 Å². The van der Waals surface area contributed by atoms with Crippen LogP contribution >= 0.6 is 0 Å². The SMILES string of the molecule is CCOc1ccc(-c2cnn(C(C)=O)c2-c2cc(OC)c(OC)c(OC)c2)cc1. The van der Waals surface area contributed by atoms with E-state index in [-0.39, 0.29) is 5.91 Å². The molecule has 0 bridgehead atoms. The third-order valence-electron chi connectivity index (χ3n) is 4.48. The Kier molecular flexibility index (Phi) is 6.07. The molecule has 0 aliphatic carbocycles. The zero-order valence-electron chi connectivity index (χ0n) is 17.2. The van der Waals surface area contributed by atoms with Crippen LogP contribution in [-0.2, 0) is 0 Å². The topological polar surface area (TPSA) is 71.8 Å². The summed E-state index contributed by atoms with van der Waals surface area (Å²) in [6.07, 6.45) is 1.68. The number of nitrogens with zero attached hydrogens (tertiary/aromatic N) is 2. The van der Waals surface area contributed by atoms with E-state index in [1.54, 1.807) is 39.7 Å². The van der Waals surface area contributed by atoms with Crippen LogP contribution in [0, 0.1) is 0 Å². The van der Waals surface area contributed by atoms with Crippen molar-refractivity contribution in [1.29, 1.82) is 0 Å². The van der Waals surface area contributed by atoms with Crippen LogP contribution in [0.25, 0.3) is 22.4 Å². The van der Waals surface area contributed by atoms with Gasteiger partial charge in [0.15, 0.2) is 11.5 Å². The number of hydrogen-bond acceptors (Lipinski definition) is 6. The quantitative estimate of drug-likeness (QED) is 0.593. The van der Waals surface area contributed by atoms with Crippen molar-refractivity contribution in [3.8, 4) is 45.4 Å². The zero-order valence-corrected chi connectivity index (χ0v) is 17.2. The fourth-order valence-electron chi connectivity index (χ4n) is 3.19. The summed E-state index contributed by atoms with van der Waals surface area (Å²) in [5, 5.41) is 4.30. The second-order valence-electron chi connectivity index (χ2n) is 6.21. The lowest BCUT2D eigenvalue weighted by atomic mass is 10.0. The van der Waals surface area contributed by atoms with Crippen molar-refractivity contribution >= 4 is 5.91 Å². The maximum absolute atomic E-state index is 12.2. The van der Waals surface area contributed by atoms with Gasteiger partial charge < -0.3 is 18.9 Å². The predicted octanol–water partition coefficient (Wildman–Crippen LogP) is 4.30. The molecule has 152 valence electrons. The molecule has 7 nitrogen and oxygen atoms in total. The Bertz CT molecular complexity index is 984. The van der Waals surface area contributed by atoms with Crippen LogP contribution in [0.4, 0.5) is 0 Å². The van der Waals surface area contributed by atoms with Crippen molar-refractivity contribution in [3.05, 3.63) is 42.6 Å². The number of ether oxygens (including phenoxy) is 4. The van der Waals surface area contributed by atoms with Gasteiger partial charge in [-0.25, -0.2) is 0 Å². The highest BCUT2D eigenvalue weighted by Crippen LogP contribution is 2.43. The van der Waals surface area contributed by atoms with E-state index in [1.807, 2.05) is 31.2 Å². The minimum Gasteiger partial charge on any atom is -0.494 e. The Morgan fingerprint density at radius 1 is 0.966 bits per heavy atom. The van der Waals surface area contributed by atoms with Crippen LogP contribution in [0.3, 0.4) is 0 Å². The minimum absolute atomic E-state index is 0.203. The molecule has 0 spiro atoms. The summed E-state index contributed by atoms with van der Waals surface area (Å²) in [5.74, 6) is 2.05. The van der Waals surface area contributed by atoms with E-state index in [9.17, 15) is 4.79 Å². The van der Waals surface area contributed by atoms with Gasteiger partial charge in [0.25, 0.3) is 0 Å². The summed E-state index contributed by atoms with van der Waals surface area (Å²) in [6, 6.07) is 11.3. The van der Waals surface area contributed by atoms with Gasteiger partial charge in [-0.3, -0.25) is 4.79 Å². The number of hydrogen-bond donors (Lipinski definition) is 0. The lowest BCUT2D eigenvalue weighted by Crippen LogP contribution is -2.09. The molecule has 0 fully saturated rings. The van der Waals surface area contributed by atoms with E-state index in [0.29, 0.717) is 29.5 Å². The fraction of sp³-hybridized carbons (Fsp3) is 0.273. The molecule has 3 rings (SSSR count). The Balaban J connectivity index is 2.21. The maximum Gasteiger partial charge on any atom is 0.244 e. The van der Waals surface area contributed by atoms with Crippen molar-refractivity contribution in [2.75, 3.05) is 27.9 Å². The first kappa shape index (κ1) is 20.3. The molecule has 0 atom stereocenters. The molecule has 0 aliphatic rings. The van der Waals surface area contributed by atoms with Crippen molar-refractivity contribution in [2.45, 2.75) is 13.8 Å². The summed E-state index contributed by atoms with van der Waals surface area (Å²) in [5.41, 5.74) is 3.07. The summed E-state index contributed by atoms with van der Waals surface area (Å²) in [7, 11) is 4.65. The zero-order chi connectivity index (χ0) is 21.0. The molecule has 1 aromatic heterocycles. The lowest BCUT2D eigenvalue weighted by molar-refractivity contribution is 0.0923. The average molecular weight is 396 g/mol. The Labute approximate surface area is 169 Å². The van der Waals surface area contributed by atoms with Gasteiger partial charge in [0.2, 0.25) is 11.7 Å². The first-order chi connectivity index (χ1) is 14.0. The van der Waals surface area contributed by atoms with Gasteiger partial charge >= 0.3 is 0 Å². The first-order valence-electron chi connectivity index (χ1n) is 9.16. The molecule has 3 aromatic rings. The van der Waals surface area contributed by atoms with Crippen LogP contribution in [0.2, 0.25) is 0 Å². The standard InChI is InChI=1S/C22H24N2O5/c1-6-29-17-9-7-15(8-10-17)18-13-23-24(14(2)25)21(18)16-11-19(26-3)22(28-5)20(12-16)27-4/h7-13H,6H2,1-5H3. The average Bonchev–Trinajstić information content (AvgIpc) is 3.19. The van der Waals surface area contributed by atoms with E-state index in [1.165, 1.54) is 11.6 Å². The number of carbonyl (C=O) groups excluding carboxylic acids is 1. The lowest BCUT2D eigenvalue weighted by Gasteiger charge is -2.15. The minimum atomic E-state index is -0.203. The first-order valence-corrected chi connectivity index (χ1v) is 9.16. The summed E-state index contributed by atoms with van der Waals surface area (Å²) >= 11 is 0. The second kappa shape index (κ2) is 8.68. The molecule has 1 heterocycles. The smallest absolute Gasteiger partial charge is 0.244 e. The predicted molar refractivity (Wildman–Crippen MR) is 110 cm³/mol. The van der Waals surface area contributed by atoms with Gasteiger partial charge in [-0.15, -0.1) is 0 Å². The van der Waals surface area contributed by atoms with Crippen LogP contribution in [0.15, 0.2) is 42.6 Å². The highest BCUT2D eigenvalue weighted by atomic mass is 16.5. The highest BCUT2D eigenvalue weighted by molar-refractivity contribution is 5.90. The summed E-state index contributed by atoms with van der Waals surface area (Å²) in [6.45, 7) is 4.00. The maximum atomic E-state index is 12.2. The third-order valence-corrected chi connectivity index (χ3v) is 4.48. The number of aromatic nitrogens is 2. The van der Waals surface area contributed by atoms with Crippen LogP contribution in [-0.4, -0.2) is 43.6 Å². The molecule has 29 heavy (non-hydrogen) atoms. The van der Waals surface area contributed by atoms with Crippen molar-refractivity contribution < 1.29 is 23.7 Å². The Morgan fingerprint density at radius 2 is 1.59 bits per heavy atom. The number of methoxy groups -OCH3 is 3. The summed E-state index contributed by atoms with van der Waals surface area (Å²) < 4.78 is 23.2. The number of rotatable bonds is 7. The molecule has 0 radical (unpaired) electrons. The van der Waals surface area contributed by atoms with Gasteiger partial charge in [-0.2, -0.15) is 9.78 Å². The van der Waals surface area contributed by atoms with Gasteiger partial charge in [-0.1, -0.05) is 12.1 Å². The second-order valence-corrected chi connectivity index (χ2v) is 6.21. The molecular weight excluding hydrogens is 372 g/mol. The fourth-order valence-corrected chi connectivity index (χ4v) is 3.19. The molecule has 0 saturated carbocycles. The van der Waals surface area contributed by atoms with E-state index in [2.05, 4.69) is 5.10 Å². The number of carbonyl (C=O) groups is 1. The normalized spacial score (nSPS) is 10.5. The van der Waals surface area contributed by atoms with Gasteiger partial charge in [0.1, 0.15) is 5.75 Å². The highest BCUT2D eigenvalue weighted by Gasteiger charge is 2.21. The largest absolute Gasteiger partial charge is 0.494 e. The van der Waals surface area contributed by atoms with E-state index in [0.717, 1.165) is 22.4 Å². The summed E-state index contributed by atoms with van der Waals surface area (Å²) in [4.78, 5) is 12.2. The monoisotopic (exact) mass is 396 g/mol. The molecule has 0 unspecified atom stereocenters. The molecular formula is C22H24N2O5.